The number of rotatable bonds is 20. The van der Waals surface area contributed by atoms with E-state index in [1.165, 1.54) is 26.7 Å². The van der Waals surface area contributed by atoms with Crippen molar-refractivity contribution in [2.45, 2.75) is 45.2 Å². The zero-order valence-corrected chi connectivity index (χ0v) is 29.5. The zero-order chi connectivity index (χ0) is 33.9. The number of ether oxygens (including phenoxy) is 2. The van der Waals surface area contributed by atoms with Gasteiger partial charge in [0.1, 0.15) is 41.8 Å². The molecule has 0 spiro atoms. The van der Waals surface area contributed by atoms with Crippen molar-refractivity contribution >= 4 is 68.5 Å². The average molecular weight is 699 g/mol. The summed E-state index contributed by atoms with van der Waals surface area (Å²) in [7, 11) is 1.19. The highest BCUT2D eigenvalue weighted by atomic mass is 33.1. The lowest BCUT2D eigenvalue weighted by atomic mass is 10.1. The monoisotopic (exact) mass is 698 g/mol. The molecule has 3 rings (SSSR count). The topological polar surface area (TPSA) is 137 Å². The Kier molecular flexibility index (Phi) is 16.8. The molecule has 12 heteroatoms. The molecule has 0 aliphatic rings. The molecular formula is C35H45N3O6PS2+. The number of amides is 2. The predicted octanol–water partition coefficient (Wildman–Crippen LogP) is 3.59. The van der Waals surface area contributed by atoms with Crippen LogP contribution >= 0.6 is 28.9 Å². The second-order valence-electron chi connectivity index (χ2n) is 10.5. The van der Waals surface area contributed by atoms with E-state index >= 15 is 0 Å². The van der Waals surface area contributed by atoms with Gasteiger partial charge in [-0.3, -0.25) is 19.2 Å². The fourth-order valence-corrected chi connectivity index (χ4v) is 11.8. The molecule has 47 heavy (non-hydrogen) atoms. The van der Waals surface area contributed by atoms with E-state index in [-0.39, 0.29) is 38.4 Å². The smallest absolute Gasteiger partial charge is 0.325 e. The standard InChI is InChI=1S/C35H44N3O6PS2/c1-3-43-33(40)25-37-34(41)31(38-32(39)22-21-30(36)35(42)44-4-2)26-47-46-24-14-23-45(27-15-8-5-9-16-27,28-17-10-6-11-18-28)29-19-12-7-13-20-29/h5-13,15-20,30-31H,3-4,14,21-26,36H2,1-2H3,(H-,37,38,39,41)/p+1/t30-,31-/m0/s1. The Balaban J connectivity index is 1.65. The van der Waals surface area contributed by atoms with Gasteiger partial charge in [-0.1, -0.05) is 76.2 Å². The van der Waals surface area contributed by atoms with Gasteiger partial charge >= 0.3 is 11.9 Å². The molecule has 2 atom stereocenters. The molecule has 0 unspecified atom stereocenters. The Bertz CT molecular complexity index is 1310. The Labute approximate surface area is 286 Å². The molecule has 0 saturated carbocycles. The summed E-state index contributed by atoms with van der Waals surface area (Å²) in [6, 6.07) is 30.3. The van der Waals surface area contributed by atoms with E-state index in [2.05, 4.69) is 83.4 Å². The summed E-state index contributed by atoms with van der Waals surface area (Å²) >= 11 is 0. The van der Waals surface area contributed by atoms with Crippen molar-refractivity contribution in [3.8, 4) is 0 Å². The molecule has 3 aromatic carbocycles. The van der Waals surface area contributed by atoms with Gasteiger partial charge in [-0.15, -0.1) is 0 Å². The van der Waals surface area contributed by atoms with E-state index in [9.17, 15) is 19.2 Å². The van der Waals surface area contributed by atoms with Crippen LogP contribution in [0, 0.1) is 0 Å². The number of nitrogens with two attached hydrogens (primary N) is 1. The predicted molar refractivity (Wildman–Crippen MR) is 195 cm³/mol. The molecule has 0 radical (unpaired) electrons. The molecule has 0 aliphatic carbocycles. The van der Waals surface area contributed by atoms with Gasteiger partial charge < -0.3 is 25.8 Å². The number of hydrogen-bond acceptors (Lipinski definition) is 9. The van der Waals surface area contributed by atoms with Crippen LogP contribution in [0.3, 0.4) is 0 Å². The van der Waals surface area contributed by atoms with Gasteiger partial charge in [0, 0.05) is 17.9 Å². The highest BCUT2D eigenvalue weighted by molar-refractivity contribution is 8.76. The Morgan fingerprint density at radius 1 is 0.787 bits per heavy atom. The highest BCUT2D eigenvalue weighted by Crippen LogP contribution is 2.56. The second kappa shape index (κ2) is 20.8. The maximum Gasteiger partial charge on any atom is 0.325 e. The van der Waals surface area contributed by atoms with Gasteiger partial charge in [0.05, 0.1) is 19.4 Å². The number of hydrogen-bond donors (Lipinski definition) is 3. The van der Waals surface area contributed by atoms with Crippen LogP contribution in [0.1, 0.15) is 33.1 Å². The quantitative estimate of drug-likeness (QED) is 0.0700. The summed E-state index contributed by atoms with van der Waals surface area (Å²) in [5.74, 6) is -0.931. The van der Waals surface area contributed by atoms with Crippen molar-refractivity contribution in [3.05, 3.63) is 91.0 Å². The maximum absolute atomic E-state index is 13.0. The molecule has 9 nitrogen and oxygen atoms in total. The lowest BCUT2D eigenvalue weighted by Crippen LogP contribution is -2.49. The van der Waals surface area contributed by atoms with E-state index in [0.717, 1.165) is 18.3 Å². The first-order valence-corrected chi connectivity index (χ1v) is 20.2. The molecule has 2 amide bonds. The first-order valence-electron chi connectivity index (χ1n) is 15.8. The molecule has 3 aromatic rings. The zero-order valence-electron chi connectivity index (χ0n) is 27.0. The fourth-order valence-electron chi connectivity index (χ4n) is 5.02. The average Bonchev–Trinajstić information content (AvgIpc) is 3.10. The lowest BCUT2D eigenvalue weighted by Gasteiger charge is -2.27. The third-order valence-corrected chi connectivity index (χ3v) is 14.3. The van der Waals surface area contributed by atoms with Crippen LogP contribution in [0.5, 0.6) is 0 Å². The van der Waals surface area contributed by atoms with Crippen LogP contribution in [0.2, 0.25) is 0 Å². The minimum Gasteiger partial charge on any atom is -0.465 e. The van der Waals surface area contributed by atoms with E-state index in [0.29, 0.717) is 0 Å². The Morgan fingerprint density at radius 3 is 1.83 bits per heavy atom. The molecule has 0 aliphatic heterocycles. The molecular weight excluding hydrogens is 654 g/mol. The van der Waals surface area contributed by atoms with E-state index in [1.807, 2.05) is 18.2 Å². The largest absolute Gasteiger partial charge is 0.465 e. The third kappa shape index (κ3) is 12.0. The van der Waals surface area contributed by atoms with Gasteiger partial charge in [0.15, 0.2) is 0 Å². The first-order chi connectivity index (χ1) is 22.8. The summed E-state index contributed by atoms with van der Waals surface area (Å²) in [5.41, 5.74) is 5.83. The van der Waals surface area contributed by atoms with Crippen LogP contribution in [-0.4, -0.2) is 73.3 Å². The second-order valence-corrected chi connectivity index (χ2v) is 16.8. The van der Waals surface area contributed by atoms with E-state index in [1.54, 1.807) is 24.6 Å². The molecule has 0 saturated heterocycles. The summed E-state index contributed by atoms with van der Waals surface area (Å²) in [6.07, 6.45) is 1.93. The van der Waals surface area contributed by atoms with Gasteiger partial charge in [-0.2, -0.15) is 0 Å². The van der Waals surface area contributed by atoms with Crippen LogP contribution in [0.4, 0.5) is 0 Å². The normalized spacial score (nSPS) is 12.4. The number of carbonyl (C=O) groups excluding carboxylic acids is 4. The lowest BCUT2D eigenvalue weighted by molar-refractivity contribution is -0.145. The highest BCUT2D eigenvalue weighted by Gasteiger charge is 2.44. The molecule has 0 aromatic heterocycles. The Hall–Kier alpha value is -3.37. The minimum atomic E-state index is -1.94. The van der Waals surface area contributed by atoms with Crippen LogP contribution in [0.25, 0.3) is 0 Å². The van der Waals surface area contributed by atoms with Gasteiger partial charge in [-0.25, -0.2) is 0 Å². The number of carbonyl (C=O) groups is 4. The first kappa shape index (κ1) is 38.1. The Morgan fingerprint density at radius 2 is 1.32 bits per heavy atom. The number of esters is 2. The van der Waals surface area contributed by atoms with Crippen molar-refractivity contribution in [1.29, 1.82) is 0 Å². The van der Waals surface area contributed by atoms with Crippen molar-refractivity contribution in [3.63, 3.8) is 0 Å². The fraction of sp³-hybridized carbons (Fsp3) is 0.371. The summed E-state index contributed by atoms with van der Waals surface area (Å²) in [4.78, 5) is 49.4. The number of benzene rings is 3. The molecule has 0 bridgehead atoms. The van der Waals surface area contributed by atoms with Crippen LogP contribution in [-0.2, 0) is 28.7 Å². The van der Waals surface area contributed by atoms with Crippen molar-refractivity contribution in [2.75, 3.05) is 37.4 Å². The van der Waals surface area contributed by atoms with E-state index < -0.39 is 43.1 Å². The SMILES string of the molecule is CCOC(=O)CNC(=O)[C@H](CSSCCC[P+](c1ccccc1)(c1ccccc1)c1ccccc1)NC(=O)CC[C@H](N)C(=O)OCC. The van der Waals surface area contributed by atoms with Gasteiger partial charge in [0.2, 0.25) is 11.8 Å². The van der Waals surface area contributed by atoms with Crippen molar-refractivity contribution in [2.24, 2.45) is 5.73 Å². The minimum absolute atomic E-state index is 0.0519. The van der Waals surface area contributed by atoms with E-state index in [4.69, 9.17) is 15.2 Å². The maximum atomic E-state index is 13.0. The molecule has 252 valence electrons. The third-order valence-electron chi connectivity index (χ3n) is 7.27. The van der Waals surface area contributed by atoms with Crippen molar-refractivity contribution < 1.29 is 28.7 Å². The van der Waals surface area contributed by atoms with Gasteiger partial charge in [-0.05, 0) is 63.1 Å². The van der Waals surface area contributed by atoms with Crippen LogP contribution < -0.4 is 32.3 Å². The summed E-state index contributed by atoms with van der Waals surface area (Å²) < 4.78 is 9.81. The summed E-state index contributed by atoms with van der Waals surface area (Å²) in [6.45, 7) is 3.46. The van der Waals surface area contributed by atoms with Gasteiger partial charge in [0.25, 0.3) is 0 Å². The number of nitrogens with one attached hydrogen (secondary N) is 2. The molecule has 4 N–H and O–H groups in total. The molecule has 0 fully saturated rings. The summed E-state index contributed by atoms with van der Waals surface area (Å²) in [5, 5.41) is 9.29. The molecule has 0 heterocycles. The van der Waals surface area contributed by atoms with Crippen molar-refractivity contribution in [1.82, 2.24) is 10.6 Å². The van der Waals surface area contributed by atoms with Crippen LogP contribution in [0.15, 0.2) is 91.0 Å².